The summed E-state index contributed by atoms with van der Waals surface area (Å²) in [5.74, 6) is -0.164. The normalized spacial score (nSPS) is 19.9. The first-order chi connectivity index (χ1) is 7.58. The van der Waals surface area contributed by atoms with Gasteiger partial charge in [0.05, 0.1) is 6.42 Å². The van der Waals surface area contributed by atoms with Gasteiger partial charge in [-0.25, -0.2) is 0 Å². The largest absolute Gasteiger partial charge is 0.481 e. The van der Waals surface area contributed by atoms with Crippen molar-refractivity contribution in [2.75, 3.05) is 33.4 Å². The summed E-state index contributed by atoms with van der Waals surface area (Å²) in [6.45, 7) is 3.32. The van der Waals surface area contributed by atoms with Crippen molar-refractivity contribution in [3.63, 3.8) is 0 Å². The molecule has 1 atom stereocenters. The lowest BCUT2D eigenvalue weighted by Gasteiger charge is -2.28. The Kier molecular flexibility index (Phi) is 5.73. The Morgan fingerprint density at radius 1 is 1.56 bits per heavy atom. The van der Waals surface area contributed by atoms with Crippen LogP contribution in [0.3, 0.4) is 0 Å². The summed E-state index contributed by atoms with van der Waals surface area (Å²) < 4.78 is 5.29. The van der Waals surface area contributed by atoms with Crippen LogP contribution in [0.15, 0.2) is 0 Å². The molecule has 1 fully saturated rings. The Balaban J connectivity index is 2.18. The van der Waals surface area contributed by atoms with Crippen LogP contribution in [0.1, 0.15) is 19.3 Å². The van der Waals surface area contributed by atoms with Crippen LogP contribution in [0.4, 0.5) is 0 Å². The molecule has 0 aromatic heterocycles. The molecule has 16 heavy (non-hydrogen) atoms. The number of hydrogen-bond donors (Lipinski definition) is 2. The van der Waals surface area contributed by atoms with Crippen molar-refractivity contribution in [3.05, 3.63) is 0 Å². The molecule has 0 aromatic carbocycles. The lowest BCUT2D eigenvalue weighted by Crippen LogP contribution is -2.39. The second-order valence-corrected chi connectivity index (χ2v) is 4.63. The topological polar surface area (TPSA) is 75.8 Å². The average Bonchev–Trinajstić information content (AvgIpc) is 2.17. The van der Waals surface area contributed by atoms with Gasteiger partial charge in [0.2, 0.25) is 0 Å². The molecule has 1 aliphatic heterocycles. The van der Waals surface area contributed by atoms with Crippen molar-refractivity contribution in [1.82, 2.24) is 4.90 Å². The molecule has 1 unspecified atom stereocenters. The van der Waals surface area contributed by atoms with E-state index in [4.69, 9.17) is 15.6 Å². The molecule has 0 aliphatic carbocycles. The van der Waals surface area contributed by atoms with Crippen molar-refractivity contribution in [2.45, 2.75) is 25.3 Å². The SMILES string of the molecule is CN(CC(N)CC(=O)O)CC1CCOCC1. The van der Waals surface area contributed by atoms with Gasteiger partial charge in [0.1, 0.15) is 0 Å². The van der Waals surface area contributed by atoms with Crippen LogP contribution in [0.5, 0.6) is 0 Å². The van der Waals surface area contributed by atoms with Crippen molar-refractivity contribution in [1.29, 1.82) is 0 Å². The maximum absolute atomic E-state index is 10.5. The zero-order valence-electron chi connectivity index (χ0n) is 9.89. The predicted molar refractivity (Wildman–Crippen MR) is 61.3 cm³/mol. The van der Waals surface area contributed by atoms with E-state index in [9.17, 15) is 4.79 Å². The van der Waals surface area contributed by atoms with Gasteiger partial charge in [0, 0.05) is 32.3 Å². The van der Waals surface area contributed by atoms with Crippen LogP contribution < -0.4 is 5.73 Å². The number of nitrogens with zero attached hydrogens (tertiary/aromatic N) is 1. The van der Waals surface area contributed by atoms with E-state index in [0.29, 0.717) is 12.5 Å². The van der Waals surface area contributed by atoms with Crippen LogP contribution in [0.2, 0.25) is 0 Å². The first-order valence-electron chi connectivity index (χ1n) is 5.81. The van der Waals surface area contributed by atoms with E-state index in [1.165, 1.54) is 0 Å². The Labute approximate surface area is 96.6 Å². The van der Waals surface area contributed by atoms with Gasteiger partial charge in [-0.2, -0.15) is 0 Å². The van der Waals surface area contributed by atoms with Gasteiger partial charge in [-0.3, -0.25) is 4.79 Å². The van der Waals surface area contributed by atoms with E-state index >= 15 is 0 Å². The summed E-state index contributed by atoms with van der Waals surface area (Å²) in [6.07, 6.45) is 2.23. The minimum atomic E-state index is -0.827. The van der Waals surface area contributed by atoms with E-state index in [-0.39, 0.29) is 12.5 Å². The molecule has 1 saturated heterocycles. The zero-order valence-corrected chi connectivity index (χ0v) is 9.89. The Morgan fingerprint density at radius 3 is 2.75 bits per heavy atom. The molecule has 0 aromatic rings. The number of carboxylic acids is 1. The van der Waals surface area contributed by atoms with Crippen LogP contribution in [-0.2, 0) is 9.53 Å². The lowest BCUT2D eigenvalue weighted by atomic mass is 9.99. The van der Waals surface area contributed by atoms with Gasteiger partial charge in [0.15, 0.2) is 0 Å². The summed E-state index contributed by atoms with van der Waals surface area (Å²) in [7, 11) is 2.00. The van der Waals surface area contributed by atoms with Crippen molar-refractivity contribution in [3.8, 4) is 0 Å². The van der Waals surface area contributed by atoms with Gasteiger partial charge in [0.25, 0.3) is 0 Å². The fraction of sp³-hybridized carbons (Fsp3) is 0.909. The number of aliphatic carboxylic acids is 1. The minimum Gasteiger partial charge on any atom is -0.481 e. The second kappa shape index (κ2) is 6.83. The van der Waals surface area contributed by atoms with E-state index in [0.717, 1.165) is 32.6 Å². The maximum Gasteiger partial charge on any atom is 0.304 e. The molecular formula is C11H22N2O3. The summed E-state index contributed by atoms with van der Waals surface area (Å²) in [5, 5.41) is 8.60. The third-order valence-electron chi connectivity index (χ3n) is 2.89. The summed E-state index contributed by atoms with van der Waals surface area (Å²) >= 11 is 0. The van der Waals surface area contributed by atoms with Gasteiger partial charge in [-0.05, 0) is 25.8 Å². The van der Waals surface area contributed by atoms with Gasteiger partial charge in [-0.1, -0.05) is 0 Å². The molecule has 0 radical (unpaired) electrons. The summed E-state index contributed by atoms with van der Waals surface area (Å²) in [5.41, 5.74) is 5.73. The molecule has 5 nitrogen and oxygen atoms in total. The number of hydrogen-bond acceptors (Lipinski definition) is 4. The Hall–Kier alpha value is -0.650. The summed E-state index contributed by atoms with van der Waals surface area (Å²) in [4.78, 5) is 12.6. The lowest BCUT2D eigenvalue weighted by molar-refractivity contribution is -0.137. The Morgan fingerprint density at radius 2 is 2.19 bits per heavy atom. The van der Waals surface area contributed by atoms with Crippen LogP contribution in [-0.4, -0.2) is 55.4 Å². The fourth-order valence-electron chi connectivity index (χ4n) is 2.13. The smallest absolute Gasteiger partial charge is 0.304 e. The molecule has 0 saturated carbocycles. The van der Waals surface area contributed by atoms with Crippen molar-refractivity contribution >= 4 is 5.97 Å². The Bertz CT molecular complexity index is 217. The first kappa shape index (κ1) is 13.4. The number of ether oxygens (including phenoxy) is 1. The van der Waals surface area contributed by atoms with Crippen LogP contribution in [0.25, 0.3) is 0 Å². The predicted octanol–water partition coefficient (Wildman–Crippen LogP) is 0.147. The molecule has 1 rings (SSSR count). The third kappa shape index (κ3) is 5.44. The highest BCUT2D eigenvalue weighted by Gasteiger charge is 2.17. The molecule has 5 heteroatoms. The van der Waals surface area contributed by atoms with E-state index in [2.05, 4.69) is 4.90 Å². The van der Waals surface area contributed by atoms with Crippen LogP contribution >= 0.6 is 0 Å². The number of likely N-dealkylation sites (N-methyl/N-ethyl adjacent to an activating group) is 1. The maximum atomic E-state index is 10.5. The highest BCUT2D eigenvalue weighted by Crippen LogP contribution is 2.15. The van der Waals surface area contributed by atoms with Gasteiger partial charge < -0.3 is 20.5 Å². The second-order valence-electron chi connectivity index (χ2n) is 4.63. The summed E-state index contributed by atoms with van der Waals surface area (Å²) in [6, 6.07) is -0.276. The highest BCUT2D eigenvalue weighted by atomic mass is 16.5. The molecular weight excluding hydrogens is 208 g/mol. The fourth-order valence-corrected chi connectivity index (χ4v) is 2.13. The standard InChI is InChI=1S/C11H22N2O3/c1-13(8-10(12)6-11(14)15)7-9-2-4-16-5-3-9/h9-10H,2-8,12H2,1H3,(H,14,15). The quantitative estimate of drug-likeness (QED) is 0.679. The molecule has 1 aliphatic rings. The first-order valence-corrected chi connectivity index (χ1v) is 5.81. The van der Waals surface area contributed by atoms with Crippen molar-refractivity contribution in [2.24, 2.45) is 11.7 Å². The van der Waals surface area contributed by atoms with E-state index in [1.54, 1.807) is 0 Å². The van der Waals surface area contributed by atoms with Crippen molar-refractivity contribution < 1.29 is 14.6 Å². The minimum absolute atomic E-state index is 0.0398. The van der Waals surface area contributed by atoms with Gasteiger partial charge >= 0.3 is 5.97 Å². The number of carboxylic acid groups (broad SMARTS) is 1. The number of rotatable bonds is 6. The molecule has 0 spiro atoms. The molecule has 1 heterocycles. The molecule has 94 valence electrons. The average molecular weight is 230 g/mol. The molecule has 0 bridgehead atoms. The monoisotopic (exact) mass is 230 g/mol. The zero-order chi connectivity index (χ0) is 12.0. The van der Waals surface area contributed by atoms with E-state index in [1.807, 2.05) is 7.05 Å². The third-order valence-corrected chi connectivity index (χ3v) is 2.89. The molecule has 3 N–H and O–H groups in total. The number of nitrogens with two attached hydrogens (primary N) is 1. The van der Waals surface area contributed by atoms with Gasteiger partial charge in [-0.15, -0.1) is 0 Å². The molecule has 0 amide bonds. The number of carbonyl (C=O) groups is 1. The van der Waals surface area contributed by atoms with Crippen LogP contribution in [0, 0.1) is 5.92 Å². The van der Waals surface area contributed by atoms with E-state index < -0.39 is 5.97 Å². The highest BCUT2D eigenvalue weighted by molar-refractivity contribution is 5.67.